The first-order valence-corrected chi connectivity index (χ1v) is 6.21. The zero-order valence-corrected chi connectivity index (χ0v) is 10.4. The Kier molecular flexibility index (Phi) is 4.00. The van der Waals surface area contributed by atoms with Crippen molar-refractivity contribution in [3.8, 4) is 5.88 Å². The van der Waals surface area contributed by atoms with E-state index in [4.69, 9.17) is 10.5 Å². The van der Waals surface area contributed by atoms with Crippen LogP contribution in [-0.4, -0.2) is 21.6 Å². The van der Waals surface area contributed by atoms with Crippen molar-refractivity contribution in [3.05, 3.63) is 34.2 Å². The molecule has 0 bridgehead atoms. The summed E-state index contributed by atoms with van der Waals surface area (Å²) in [7, 11) is 0. The van der Waals surface area contributed by atoms with Crippen molar-refractivity contribution in [1.29, 1.82) is 0 Å². The molecule has 2 heterocycles. The van der Waals surface area contributed by atoms with Gasteiger partial charge in [0.05, 0.1) is 17.8 Å². The summed E-state index contributed by atoms with van der Waals surface area (Å²) in [5.41, 5.74) is 9.15. The fraction of sp³-hybridized carbons (Fsp3) is 0.364. The molecule has 0 radical (unpaired) electrons. The van der Waals surface area contributed by atoms with Crippen molar-refractivity contribution >= 4 is 11.3 Å². The summed E-state index contributed by atoms with van der Waals surface area (Å²) in [5, 5.41) is 0. The van der Waals surface area contributed by atoms with Gasteiger partial charge in [-0.15, -0.1) is 11.3 Å². The van der Waals surface area contributed by atoms with Crippen molar-refractivity contribution in [3.63, 3.8) is 0 Å². The summed E-state index contributed by atoms with van der Waals surface area (Å²) >= 11 is 1.64. The zero-order valence-electron chi connectivity index (χ0n) is 9.59. The molecule has 5 nitrogen and oxygen atoms in total. The SMILES string of the molecule is Cc1ncsc1CCOc1nccnc1CN. The maximum atomic E-state index is 5.58. The van der Waals surface area contributed by atoms with Gasteiger partial charge in [-0.1, -0.05) is 0 Å². The topological polar surface area (TPSA) is 73.9 Å². The summed E-state index contributed by atoms with van der Waals surface area (Å²) in [6, 6.07) is 0. The number of nitrogens with two attached hydrogens (primary N) is 1. The third-order valence-corrected chi connectivity index (χ3v) is 3.34. The highest BCUT2D eigenvalue weighted by atomic mass is 32.1. The van der Waals surface area contributed by atoms with E-state index in [1.165, 1.54) is 4.88 Å². The second-order valence-corrected chi connectivity index (χ2v) is 4.41. The van der Waals surface area contributed by atoms with Gasteiger partial charge in [0, 0.05) is 30.2 Å². The molecule has 17 heavy (non-hydrogen) atoms. The number of aromatic nitrogens is 3. The van der Waals surface area contributed by atoms with Crippen molar-refractivity contribution in [2.24, 2.45) is 5.73 Å². The molecule has 0 aliphatic carbocycles. The van der Waals surface area contributed by atoms with E-state index >= 15 is 0 Å². The van der Waals surface area contributed by atoms with Gasteiger partial charge in [-0.05, 0) is 6.92 Å². The number of thiazole rings is 1. The second-order valence-electron chi connectivity index (χ2n) is 3.47. The molecule has 0 spiro atoms. The molecular formula is C11H14N4OS. The van der Waals surface area contributed by atoms with Crippen LogP contribution in [0.25, 0.3) is 0 Å². The Bertz CT molecular complexity index is 486. The van der Waals surface area contributed by atoms with Crippen LogP contribution >= 0.6 is 11.3 Å². The lowest BCUT2D eigenvalue weighted by Crippen LogP contribution is -2.08. The fourth-order valence-electron chi connectivity index (χ4n) is 1.42. The predicted octanol–water partition coefficient (Wildman–Crippen LogP) is 1.32. The van der Waals surface area contributed by atoms with E-state index < -0.39 is 0 Å². The van der Waals surface area contributed by atoms with E-state index in [0.29, 0.717) is 24.7 Å². The number of ether oxygens (including phenoxy) is 1. The van der Waals surface area contributed by atoms with Gasteiger partial charge in [0.1, 0.15) is 5.69 Å². The van der Waals surface area contributed by atoms with E-state index in [2.05, 4.69) is 15.0 Å². The first kappa shape index (κ1) is 11.9. The molecule has 0 amide bonds. The number of hydrogen-bond acceptors (Lipinski definition) is 6. The Hall–Kier alpha value is -1.53. The molecule has 0 atom stereocenters. The smallest absolute Gasteiger partial charge is 0.236 e. The summed E-state index contributed by atoms with van der Waals surface area (Å²) in [6.45, 7) is 2.90. The molecule has 0 saturated heterocycles. The van der Waals surface area contributed by atoms with Gasteiger partial charge < -0.3 is 10.5 Å². The second kappa shape index (κ2) is 5.70. The quantitative estimate of drug-likeness (QED) is 0.866. The maximum absolute atomic E-state index is 5.58. The van der Waals surface area contributed by atoms with Crippen LogP contribution in [0.4, 0.5) is 0 Å². The van der Waals surface area contributed by atoms with Crippen LogP contribution in [0, 0.1) is 6.92 Å². The van der Waals surface area contributed by atoms with Crippen LogP contribution in [-0.2, 0) is 13.0 Å². The van der Waals surface area contributed by atoms with E-state index in [1.807, 2.05) is 12.4 Å². The van der Waals surface area contributed by atoms with E-state index in [9.17, 15) is 0 Å². The normalized spacial score (nSPS) is 10.5. The Morgan fingerprint density at radius 2 is 2.12 bits per heavy atom. The number of aryl methyl sites for hydroxylation is 1. The van der Waals surface area contributed by atoms with Gasteiger partial charge in [0.2, 0.25) is 5.88 Å². The Morgan fingerprint density at radius 3 is 2.82 bits per heavy atom. The highest BCUT2D eigenvalue weighted by Crippen LogP contribution is 2.14. The molecule has 0 aromatic carbocycles. The number of hydrogen-bond donors (Lipinski definition) is 1. The summed E-state index contributed by atoms with van der Waals surface area (Å²) in [5.74, 6) is 0.525. The van der Waals surface area contributed by atoms with Gasteiger partial charge in [-0.2, -0.15) is 0 Å². The molecule has 2 aromatic heterocycles. The van der Waals surface area contributed by atoms with E-state index in [0.717, 1.165) is 12.1 Å². The molecule has 0 unspecified atom stereocenters. The molecular weight excluding hydrogens is 236 g/mol. The fourth-order valence-corrected chi connectivity index (χ4v) is 2.18. The zero-order chi connectivity index (χ0) is 12.1. The average molecular weight is 250 g/mol. The van der Waals surface area contributed by atoms with Crippen molar-refractivity contribution in [1.82, 2.24) is 15.0 Å². The molecule has 6 heteroatoms. The molecule has 0 fully saturated rings. The minimum atomic E-state index is 0.336. The predicted molar refractivity (Wildman–Crippen MR) is 66.0 cm³/mol. The number of nitrogens with zero attached hydrogens (tertiary/aromatic N) is 3. The van der Waals surface area contributed by atoms with Gasteiger partial charge >= 0.3 is 0 Å². The molecule has 0 saturated carbocycles. The monoisotopic (exact) mass is 250 g/mol. The molecule has 2 N–H and O–H groups in total. The van der Waals surface area contributed by atoms with Crippen molar-refractivity contribution in [2.45, 2.75) is 19.9 Å². The summed E-state index contributed by atoms with van der Waals surface area (Å²) in [4.78, 5) is 13.7. The van der Waals surface area contributed by atoms with Crippen LogP contribution in [0.5, 0.6) is 5.88 Å². The van der Waals surface area contributed by atoms with E-state index in [1.54, 1.807) is 23.7 Å². The van der Waals surface area contributed by atoms with Gasteiger partial charge in [-0.3, -0.25) is 4.98 Å². The van der Waals surface area contributed by atoms with Crippen LogP contribution in [0.2, 0.25) is 0 Å². The standard InChI is InChI=1S/C11H14N4OS/c1-8-10(17-7-15-8)2-5-16-11-9(6-12)13-3-4-14-11/h3-4,7H,2,5-6,12H2,1H3. The summed E-state index contributed by atoms with van der Waals surface area (Å²) < 4.78 is 5.58. The van der Waals surface area contributed by atoms with Crippen molar-refractivity contribution in [2.75, 3.05) is 6.61 Å². The Balaban J connectivity index is 1.92. The summed E-state index contributed by atoms with van der Waals surface area (Å²) in [6.07, 6.45) is 4.05. The lowest BCUT2D eigenvalue weighted by Gasteiger charge is -2.07. The maximum Gasteiger partial charge on any atom is 0.236 e. The molecule has 2 rings (SSSR count). The minimum absolute atomic E-state index is 0.336. The molecule has 2 aromatic rings. The Morgan fingerprint density at radius 1 is 1.29 bits per heavy atom. The van der Waals surface area contributed by atoms with E-state index in [-0.39, 0.29) is 0 Å². The lowest BCUT2D eigenvalue weighted by molar-refractivity contribution is 0.304. The third-order valence-electron chi connectivity index (χ3n) is 2.34. The average Bonchev–Trinajstić information content (AvgIpc) is 2.76. The van der Waals surface area contributed by atoms with Crippen LogP contribution in [0.15, 0.2) is 17.9 Å². The molecule has 0 aliphatic heterocycles. The largest absolute Gasteiger partial charge is 0.476 e. The van der Waals surface area contributed by atoms with Crippen LogP contribution in [0.1, 0.15) is 16.3 Å². The van der Waals surface area contributed by atoms with Crippen molar-refractivity contribution < 1.29 is 4.74 Å². The van der Waals surface area contributed by atoms with Crippen LogP contribution in [0.3, 0.4) is 0 Å². The van der Waals surface area contributed by atoms with Gasteiger partial charge in [0.25, 0.3) is 0 Å². The third kappa shape index (κ3) is 2.98. The molecule has 0 aliphatic rings. The minimum Gasteiger partial charge on any atom is -0.476 e. The first-order valence-electron chi connectivity index (χ1n) is 5.33. The molecule has 90 valence electrons. The van der Waals surface area contributed by atoms with Crippen LogP contribution < -0.4 is 10.5 Å². The first-order chi connectivity index (χ1) is 8.31. The van der Waals surface area contributed by atoms with Gasteiger partial charge in [-0.25, -0.2) is 9.97 Å². The highest BCUT2D eigenvalue weighted by Gasteiger charge is 2.06. The highest BCUT2D eigenvalue weighted by molar-refractivity contribution is 7.09. The van der Waals surface area contributed by atoms with Gasteiger partial charge in [0.15, 0.2) is 0 Å². The Labute approximate surface area is 104 Å². The number of rotatable bonds is 5. The lowest BCUT2D eigenvalue weighted by atomic mass is 10.3.